The number of aliphatic hydroxyl groups is 2. The van der Waals surface area contributed by atoms with Crippen molar-refractivity contribution in [2.45, 2.75) is 122 Å². The molecule has 0 radical (unpaired) electrons. The van der Waals surface area contributed by atoms with Crippen LogP contribution in [0.5, 0.6) is 0 Å². The Morgan fingerprint density at radius 2 is 1.46 bits per heavy atom. The molecule has 166 valence electrons. The smallest absolute Gasteiger partial charge is 0.408 e. The minimum atomic E-state index is -0.926. The van der Waals surface area contributed by atoms with Gasteiger partial charge in [-0.15, -0.1) is 0 Å². The summed E-state index contributed by atoms with van der Waals surface area (Å²) in [4.78, 5) is 11.7. The number of aliphatic hydroxyl groups excluding tert-OH is 2. The van der Waals surface area contributed by atoms with Gasteiger partial charge in [-0.1, -0.05) is 83.3 Å². The van der Waals surface area contributed by atoms with Crippen LogP contribution in [0.2, 0.25) is 0 Å². The van der Waals surface area contributed by atoms with Gasteiger partial charge in [0.2, 0.25) is 0 Å². The second-order valence-electron chi connectivity index (χ2n) is 8.68. The van der Waals surface area contributed by atoms with Crippen LogP contribution in [0, 0.1) is 0 Å². The lowest BCUT2D eigenvalue weighted by Gasteiger charge is -2.24. The Labute approximate surface area is 172 Å². The van der Waals surface area contributed by atoms with Gasteiger partial charge in [-0.3, -0.25) is 0 Å². The molecule has 0 saturated carbocycles. The van der Waals surface area contributed by atoms with Crippen LogP contribution in [0.15, 0.2) is 12.2 Å². The highest BCUT2D eigenvalue weighted by Gasteiger charge is 2.22. The summed E-state index contributed by atoms with van der Waals surface area (Å²) in [6.45, 7) is 7.21. The number of alkyl carbamates (subject to hydrolysis) is 1. The quantitative estimate of drug-likeness (QED) is 0.237. The van der Waals surface area contributed by atoms with Gasteiger partial charge in [-0.05, 0) is 33.6 Å². The number of carbonyl (C=O) groups excluding carboxylic acids is 1. The van der Waals surface area contributed by atoms with E-state index in [4.69, 9.17) is 4.74 Å². The molecule has 0 rings (SSSR count). The topological polar surface area (TPSA) is 78.8 Å². The first kappa shape index (κ1) is 26.9. The number of unbranched alkanes of at least 4 members (excludes halogenated alkanes) is 11. The van der Waals surface area contributed by atoms with Crippen molar-refractivity contribution in [1.29, 1.82) is 0 Å². The van der Waals surface area contributed by atoms with E-state index in [0.29, 0.717) is 0 Å². The molecule has 28 heavy (non-hydrogen) atoms. The fraction of sp³-hybridized carbons (Fsp3) is 0.870. The van der Waals surface area contributed by atoms with Crippen molar-refractivity contribution in [2.75, 3.05) is 6.61 Å². The molecule has 5 nitrogen and oxygen atoms in total. The molecule has 0 saturated heterocycles. The van der Waals surface area contributed by atoms with Gasteiger partial charge in [0.25, 0.3) is 0 Å². The number of allylic oxidation sites excluding steroid dienone is 1. The van der Waals surface area contributed by atoms with Crippen LogP contribution >= 0.6 is 0 Å². The van der Waals surface area contributed by atoms with Crippen LogP contribution in [-0.2, 0) is 4.74 Å². The molecule has 2 unspecified atom stereocenters. The fourth-order valence-electron chi connectivity index (χ4n) is 2.99. The van der Waals surface area contributed by atoms with Gasteiger partial charge >= 0.3 is 6.09 Å². The third-order valence-corrected chi connectivity index (χ3v) is 4.62. The van der Waals surface area contributed by atoms with Gasteiger partial charge in [0.15, 0.2) is 0 Å². The first-order valence-corrected chi connectivity index (χ1v) is 11.2. The van der Waals surface area contributed by atoms with E-state index in [1.807, 2.05) is 6.08 Å². The molecule has 0 spiro atoms. The molecule has 0 aliphatic rings. The Kier molecular flexibility index (Phi) is 16.2. The third-order valence-electron chi connectivity index (χ3n) is 4.62. The summed E-state index contributed by atoms with van der Waals surface area (Å²) in [7, 11) is 0. The summed E-state index contributed by atoms with van der Waals surface area (Å²) in [5.74, 6) is 0. The largest absolute Gasteiger partial charge is 0.444 e. The minimum absolute atomic E-state index is 0.344. The van der Waals surface area contributed by atoms with Crippen LogP contribution in [0.4, 0.5) is 4.79 Å². The second kappa shape index (κ2) is 16.8. The lowest BCUT2D eigenvalue weighted by atomic mass is 10.0. The molecule has 1 amide bonds. The van der Waals surface area contributed by atoms with Gasteiger partial charge < -0.3 is 20.3 Å². The van der Waals surface area contributed by atoms with Gasteiger partial charge in [-0.25, -0.2) is 4.79 Å². The molecule has 0 aromatic heterocycles. The molecule has 0 heterocycles. The van der Waals surface area contributed by atoms with Gasteiger partial charge in [-0.2, -0.15) is 0 Å². The van der Waals surface area contributed by atoms with Crippen molar-refractivity contribution < 1.29 is 19.7 Å². The zero-order chi connectivity index (χ0) is 21.3. The standard InChI is InChI=1S/C23H45NO4/c1-5-6-7-8-9-10-11-12-13-14-15-16-17-18-21(26)20(19-25)24-22(27)28-23(2,3)4/h17-18,20-21,25-26H,5-16,19H2,1-4H3,(H,24,27). The zero-order valence-electron chi connectivity index (χ0n) is 18.7. The van der Waals surface area contributed by atoms with Crippen molar-refractivity contribution in [2.24, 2.45) is 0 Å². The lowest BCUT2D eigenvalue weighted by Crippen LogP contribution is -2.47. The molecule has 0 fully saturated rings. The van der Waals surface area contributed by atoms with Crippen LogP contribution in [0.3, 0.4) is 0 Å². The molecular formula is C23H45NO4. The summed E-state index contributed by atoms with van der Waals surface area (Å²) in [5.41, 5.74) is -0.611. The monoisotopic (exact) mass is 399 g/mol. The predicted molar refractivity (Wildman–Crippen MR) is 116 cm³/mol. The van der Waals surface area contributed by atoms with Crippen LogP contribution < -0.4 is 5.32 Å². The Balaban J connectivity index is 3.75. The molecule has 5 heteroatoms. The molecule has 0 aliphatic heterocycles. The first-order valence-electron chi connectivity index (χ1n) is 11.2. The van der Waals surface area contributed by atoms with E-state index in [1.165, 1.54) is 64.2 Å². The molecule has 0 aromatic rings. The average Bonchev–Trinajstić information content (AvgIpc) is 2.61. The summed E-state index contributed by atoms with van der Waals surface area (Å²) in [6.07, 6.45) is 17.3. The highest BCUT2D eigenvalue weighted by Crippen LogP contribution is 2.12. The maximum absolute atomic E-state index is 11.7. The van der Waals surface area contributed by atoms with Crippen molar-refractivity contribution >= 4 is 6.09 Å². The van der Waals surface area contributed by atoms with E-state index in [-0.39, 0.29) is 6.61 Å². The third kappa shape index (κ3) is 17.1. The van der Waals surface area contributed by atoms with Crippen molar-refractivity contribution in [3.05, 3.63) is 12.2 Å². The maximum atomic E-state index is 11.7. The molecule has 2 atom stereocenters. The average molecular weight is 400 g/mol. The van der Waals surface area contributed by atoms with E-state index in [2.05, 4.69) is 12.2 Å². The summed E-state index contributed by atoms with van der Waals surface area (Å²) in [5, 5.41) is 22.0. The molecule has 0 bridgehead atoms. The van der Waals surface area contributed by atoms with E-state index in [9.17, 15) is 15.0 Å². The highest BCUT2D eigenvalue weighted by molar-refractivity contribution is 5.68. The van der Waals surface area contributed by atoms with E-state index < -0.39 is 23.8 Å². The van der Waals surface area contributed by atoms with E-state index in [0.717, 1.165) is 12.8 Å². The molecule has 3 N–H and O–H groups in total. The maximum Gasteiger partial charge on any atom is 0.408 e. The van der Waals surface area contributed by atoms with Crippen molar-refractivity contribution in [3.63, 3.8) is 0 Å². The van der Waals surface area contributed by atoms with Crippen LogP contribution in [0.25, 0.3) is 0 Å². The molecule has 0 aliphatic carbocycles. The van der Waals surface area contributed by atoms with Gasteiger partial charge in [0.05, 0.1) is 18.8 Å². The minimum Gasteiger partial charge on any atom is -0.444 e. The second-order valence-corrected chi connectivity index (χ2v) is 8.68. The Morgan fingerprint density at radius 1 is 0.964 bits per heavy atom. The van der Waals surface area contributed by atoms with Crippen molar-refractivity contribution in [1.82, 2.24) is 5.32 Å². The van der Waals surface area contributed by atoms with Gasteiger partial charge in [0.1, 0.15) is 5.60 Å². The highest BCUT2D eigenvalue weighted by atomic mass is 16.6. The lowest BCUT2D eigenvalue weighted by molar-refractivity contribution is 0.0405. The van der Waals surface area contributed by atoms with Gasteiger partial charge in [0, 0.05) is 0 Å². The summed E-state index contributed by atoms with van der Waals surface area (Å²) in [6, 6.07) is -0.761. The number of hydrogen-bond donors (Lipinski definition) is 3. The zero-order valence-corrected chi connectivity index (χ0v) is 18.7. The van der Waals surface area contributed by atoms with Crippen molar-refractivity contribution in [3.8, 4) is 0 Å². The summed E-state index contributed by atoms with van der Waals surface area (Å²) < 4.78 is 5.15. The predicted octanol–water partition coefficient (Wildman–Crippen LogP) is 5.49. The van der Waals surface area contributed by atoms with Crippen LogP contribution in [0.1, 0.15) is 105 Å². The number of amides is 1. The number of hydrogen-bond acceptors (Lipinski definition) is 4. The fourth-order valence-corrected chi connectivity index (χ4v) is 2.99. The number of rotatable bonds is 16. The Bertz CT molecular complexity index is 404. The summed E-state index contributed by atoms with van der Waals surface area (Å²) >= 11 is 0. The SMILES string of the molecule is CCCCCCCCCCCCCC=CC(O)C(CO)NC(=O)OC(C)(C)C. The molecule has 0 aromatic carbocycles. The number of carbonyl (C=O) groups is 1. The first-order chi connectivity index (χ1) is 13.3. The van der Waals surface area contributed by atoms with E-state index in [1.54, 1.807) is 26.8 Å². The van der Waals surface area contributed by atoms with Crippen LogP contribution in [-0.4, -0.2) is 40.7 Å². The van der Waals surface area contributed by atoms with E-state index >= 15 is 0 Å². The number of nitrogens with one attached hydrogen (secondary N) is 1. The Hall–Kier alpha value is -1.07. The number of ether oxygens (including phenoxy) is 1. The molecular weight excluding hydrogens is 354 g/mol. The normalized spacial score (nSPS) is 14.2. The Morgan fingerprint density at radius 3 is 1.93 bits per heavy atom.